The molecule has 0 unspecified atom stereocenters. The lowest BCUT2D eigenvalue weighted by Gasteiger charge is -2.28. The van der Waals surface area contributed by atoms with E-state index in [1.165, 1.54) is 16.1 Å². The van der Waals surface area contributed by atoms with E-state index in [1.54, 1.807) is 0 Å². The minimum absolute atomic E-state index is 1.30. The van der Waals surface area contributed by atoms with Gasteiger partial charge in [0.05, 0.1) is 0 Å². The molecule has 1 saturated heterocycles. The highest BCUT2D eigenvalue weighted by atomic mass is 79.9. The van der Waals surface area contributed by atoms with Gasteiger partial charge in [0.1, 0.15) is 0 Å². The summed E-state index contributed by atoms with van der Waals surface area (Å²) in [6.07, 6.45) is -12.0. The third kappa shape index (κ3) is 1.49. The Labute approximate surface area is 89.9 Å². The fourth-order valence-corrected chi connectivity index (χ4v) is 1.36. The Hall–Kier alpha value is -0.230. The summed E-state index contributed by atoms with van der Waals surface area (Å²) < 4.78 is 109. The first kappa shape index (κ1) is 13.8. The number of nitrogens with zero attached hydrogens (tertiary/aromatic N) is 2. The predicted octanol–water partition coefficient (Wildman–Crippen LogP) is 3.17. The van der Waals surface area contributed by atoms with Crippen molar-refractivity contribution >= 4 is 16.1 Å². The Morgan fingerprint density at radius 1 is 0.812 bits per heavy atom. The van der Waals surface area contributed by atoms with Gasteiger partial charge < -0.3 is 0 Å². The van der Waals surface area contributed by atoms with Crippen LogP contribution < -0.4 is 0 Å². The molecule has 16 heavy (non-hydrogen) atoms. The molecule has 0 bridgehead atoms. The largest absolute Gasteiger partial charge is 0.470 e. The van der Waals surface area contributed by atoms with Crippen LogP contribution in [-0.2, 0) is 0 Å². The first-order valence-corrected chi connectivity index (χ1v) is 3.95. The van der Waals surface area contributed by atoms with E-state index in [0.29, 0.717) is 0 Å². The van der Waals surface area contributed by atoms with Crippen LogP contribution >= 0.6 is 16.1 Å². The van der Waals surface area contributed by atoms with E-state index in [-0.39, 0.29) is 0 Å². The van der Waals surface area contributed by atoms with Crippen molar-refractivity contribution < 1.29 is 39.5 Å². The fourth-order valence-electron chi connectivity index (χ4n) is 0.990. The molecule has 0 spiro atoms. The summed E-state index contributed by atoms with van der Waals surface area (Å²) in [5.74, 6) is 0. The van der Waals surface area contributed by atoms with Crippen LogP contribution in [0.5, 0.6) is 0 Å². The minimum atomic E-state index is -6.33. The summed E-state index contributed by atoms with van der Waals surface area (Å²) in [5.41, 5.74) is 0. The van der Waals surface area contributed by atoms with Crippen LogP contribution in [0.2, 0.25) is 0 Å². The molecular weight excluding hydrogens is 327 g/mol. The van der Waals surface area contributed by atoms with Crippen molar-refractivity contribution in [3.63, 3.8) is 0 Å². The van der Waals surface area contributed by atoms with Gasteiger partial charge in [-0.25, -0.2) is 0 Å². The molecule has 0 aromatic heterocycles. The maximum atomic E-state index is 12.6. The van der Waals surface area contributed by atoms with Crippen molar-refractivity contribution in [3.8, 4) is 0 Å². The van der Waals surface area contributed by atoms with Crippen molar-refractivity contribution in [2.75, 3.05) is 0 Å². The molecule has 0 N–H and O–H groups in total. The van der Waals surface area contributed by atoms with Gasteiger partial charge in [0.25, 0.3) is 0 Å². The number of rotatable bonds is 0. The summed E-state index contributed by atoms with van der Waals surface area (Å²) in [7, 11) is 0. The summed E-state index contributed by atoms with van der Waals surface area (Å²) in [5, 5.41) is 0. The standard InChI is InChI=1S/C4BrF9N2/c5-16-2(8,9)1(6,7)15(3(10,11)12)4(16,13)14. The molecule has 0 aromatic carbocycles. The Morgan fingerprint density at radius 3 is 1.31 bits per heavy atom. The highest BCUT2D eigenvalue weighted by molar-refractivity contribution is 9.07. The molecule has 0 radical (unpaired) electrons. The highest BCUT2D eigenvalue weighted by Gasteiger charge is 2.86. The molecule has 1 aliphatic rings. The van der Waals surface area contributed by atoms with E-state index >= 15 is 0 Å². The van der Waals surface area contributed by atoms with Gasteiger partial charge in [0.15, 0.2) is 0 Å². The van der Waals surface area contributed by atoms with E-state index in [9.17, 15) is 39.5 Å². The van der Waals surface area contributed by atoms with Gasteiger partial charge >= 0.3 is 24.6 Å². The van der Waals surface area contributed by atoms with Crippen molar-refractivity contribution in [1.29, 1.82) is 0 Å². The van der Waals surface area contributed by atoms with Gasteiger partial charge in [-0.3, -0.25) is 0 Å². The average Bonchev–Trinajstić information content (AvgIpc) is 2.05. The van der Waals surface area contributed by atoms with Gasteiger partial charge in [0, 0.05) is 16.1 Å². The number of alkyl halides is 9. The van der Waals surface area contributed by atoms with Gasteiger partial charge in [-0.2, -0.15) is 39.5 Å². The molecule has 1 heterocycles. The number of hydrogen-bond acceptors (Lipinski definition) is 2. The van der Waals surface area contributed by atoms with Gasteiger partial charge in [-0.15, -0.1) is 0 Å². The lowest BCUT2D eigenvalue weighted by molar-refractivity contribution is -0.399. The van der Waals surface area contributed by atoms with Gasteiger partial charge in [-0.05, 0) is 0 Å². The number of hydrogen-bond donors (Lipinski definition) is 0. The zero-order valence-electron chi connectivity index (χ0n) is 6.67. The second-order valence-corrected chi connectivity index (χ2v) is 3.39. The highest BCUT2D eigenvalue weighted by Crippen LogP contribution is 2.59. The SMILES string of the molecule is FC(F)(F)N1C(F)(F)N(Br)C(F)(F)C1(F)F. The molecular formula is C4BrF9N2. The molecule has 96 valence electrons. The molecule has 0 atom stereocenters. The van der Waals surface area contributed by atoms with Crippen LogP contribution in [0.4, 0.5) is 39.5 Å². The minimum Gasteiger partial charge on any atom is -0.179 e. The first-order valence-electron chi connectivity index (χ1n) is 3.24. The molecule has 2 nitrogen and oxygen atoms in total. The smallest absolute Gasteiger partial charge is 0.179 e. The second kappa shape index (κ2) is 3.16. The molecule has 0 aromatic rings. The van der Waals surface area contributed by atoms with Gasteiger partial charge in [-0.1, -0.05) is 8.83 Å². The first-order chi connectivity index (χ1) is 6.77. The van der Waals surface area contributed by atoms with E-state index in [2.05, 4.69) is 0 Å². The topological polar surface area (TPSA) is 6.48 Å². The Morgan fingerprint density at radius 2 is 1.19 bits per heavy atom. The molecule has 0 saturated carbocycles. The van der Waals surface area contributed by atoms with Crippen LogP contribution in [0.1, 0.15) is 0 Å². The van der Waals surface area contributed by atoms with Gasteiger partial charge in [0.2, 0.25) is 0 Å². The second-order valence-electron chi connectivity index (χ2n) is 2.68. The van der Waals surface area contributed by atoms with E-state index in [0.717, 1.165) is 0 Å². The maximum Gasteiger partial charge on any atom is 0.470 e. The van der Waals surface area contributed by atoms with E-state index in [4.69, 9.17) is 0 Å². The predicted molar refractivity (Wildman–Crippen MR) is 33.5 cm³/mol. The monoisotopic (exact) mass is 326 g/mol. The lowest BCUT2D eigenvalue weighted by Crippen LogP contribution is -2.56. The normalized spacial score (nSPS) is 29.6. The Bertz CT molecular complexity index is 298. The van der Waals surface area contributed by atoms with Crippen LogP contribution in [0, 0.1) is 0 Å². The Kier molecular flexibility index (Phi) is 2.73. The van der Waals surface area contributed by atoms with Crippen LogP contribution in [-0.4, -0.2) is 33.4 Å². The summed E-state index contributed by atoms with van der Waals surface area (Å²) in [4.78, 5) is -2.82. The third-order valence-corrected chi connectivity index (χ3v) is 2.52. The zero-order valence-corrected chi connectivity index (χ0v) is 8.26. The van der Waals surface area contributed by atoms with Crippen LogP contribution in [0.15, 0.2) is 0 Å². The molecule has 0 amide bonds. The number of halogens is 10. The average molecular weight is 327 g/mol. The lowest BCUT2D eigenvalue weighted by atomic mass is 10.4. The van der Waals surface area contributed by atoms with Crippen molar-refractivity contribution in [1.82, 2.24) is 8.83 Å². The van der Waals surface area contributed by atoms with E-state index < -0.39 is 33.4 Å². The summed E-state index contributed by atoms with van der Waals surface area (Å²) in [6, 6.07) is -11.8. The summed E-state index contributed by atoms with van der Waals surface area (Å²) >= 11 is 1.30. The molecule has 1 fully saturated rings. The quantitative estimate of drug-likeness (QED) is 0.383. The van der Waals surface area contributed by atoms with Crippen molar-refractivity contribution in [2.45, 2.75) is 24.6 Å². The maximum absolute atomic E-state index is 12.6. The van der Waals surface area contributed by atoms with Crippen LogP contribution in [0.3, 0.4) is 0 Å². The van der Waals surface area contributed by atoms with E-state index in [1.807, 2.05) is 0 Å². The van der Waals surface area contributed by atoms with Crippen molar-refractivity contribution in [2.24, 2.45) is 0 Å². The third-order valence-electron chi connectivity index (χ3n) is 1.65. The van der Waals surface area contributed by atoms with Crippen LogP contribution in [0.25, 0.3) is 0 Å². The fraction of sp³-hybridized carbons (Fsp3) is 1.00. The zero-order chi connectivity index (χ0) is 13.2. The molecule has 0 aliphatic carbocycles. The van der Waals surface area contributed by atoms with Crippen molar-refractivity contribution in [3.05, 3.63) is 0 Å². The molecule has 1 aliphatic heterocycles. The summed E-state index contributed by atoms with van der Waals surface area (Å²) in [6.45, 7) is 0. The molecule has 12 heteroatoms. The Balaban J connectivity index is 3.38. The molecule has 1 rings (SSSR count).